The molecule has 0 saturated carbocycles. The van der Waals surface area contributed by atoms with Crippen LogP contribution in [0, 0.1) is 5.82 Å². The minimum absolute atomic E-state index is 0.0946. The average molecular weight is 334 g/mol. The SMILES string of the molecule is CC.COC(=O)c1cccc(-c2ccc(OC)c(C(=O)O)c2)c1F. The summed E-state index contributed by atoms with van der Waals surface area (Å²) < 4.78 is 23.9. The number of methoxy groups -OCH3 is 2. The van der Waals surface area contributed by atoms with Crippen LogP contribution in [0.25, 0.3) is 11.1 Å². The fraction of sp³-hybridized carbons (Fsp3) is 0.222. The normalized spacial score (nSPS) is 9.54. The van der Waals surface area contributed by atoms with E-state index in [1.165, 1.54) is 43.5 Å². The molecule has 0 aliphatic rings. The molecule has 0 bridgehead atoms. The number of carboxylic acids is 1. The molecule has 0 aromatic heterocycles. The number of benzene rings is 2. The topological polar surface area (TPSA) is 72.8 Å². The number of rotatable bonds is 4. The van der Waals surface area contributed by atoms with Gasteiger partial charge in [0.05, 0.1) is 19.8 Å². The zero-order valence-electron chi connectivity index (χ0n) is 13.9. The van der Waals surface area contributed by atoms with Crippen LogP contribution >= 0.6 is 0 Å². The molecule has 0 unspecified atom stereocenters. The van der Waals surface area contributed by atoms with E-state index < -0.39 is 17.8 Å². The number of esters is 1. The van der Waals surface area contributed by atoms with Crippen molar-refractivity contribution >= 4 is 11.9 Å². The van der Waals surface area contributed by atoms with Crippen LogP contribution in [-0.2, 0) is 4.74 Å². The molecule has 5 nitrogen and oxygen atoms in total. The standard InChI is InChI=1S/C16H13FO5.C2H6/c1-21-13-7-6-9(8-12(13)15(18)19)10-4-3-5-11(14(10)17)16(20)22-2;1-2/h3-8H,1-2H3,(H,18,19);1-2H3. The largest absolute Gasteiger partial charge is 0.496 e. The van der Waals surface area contributed by atoms with Gasteiger partial charge in [0, 0.05) is 5.56 Å². The summed E-state index contributed by atoms with van der Waals surface area (Å²) >= 11 is 0. The summed E-state index contributed by atoms with van der Waals surface area (Å²) in [6, 6.07) is 8.49. The predicted molar refractivity (Wildman–Crippen MR) is 88.0 cm³/mol. The number of carbonyl (C=O) groups excluding carboxylic acids is 1. The van der Waals surface area contributed by atoms with Gasteiger partial charge in [-0.25, -0.2) is 14.0 Å². The number of halogens is 1. The lowest BCUT2D eigenvalue weighted by Gasteiger charge is -2.10. The number of hydrogen-bond acceptors (Lipinski definition) is 4. The first-order valence-electron chi connectivity index (χ1n) is 7.28. The molecular formula is C18H19FO5. The van der Waals surface area contributed by atoms with Crippen LogP contribution in [0.2, 0.25) is 0 Å². The molecule has 2 rings (SSSR count). The molecule has 0 spiro atoms. The van der Waals surface area contributed by atoms with Crippen molar-refractivity contribution in [2.24, 2.45) is 0 Å². The van der Waals surface area contributed by atoms with Crippen molar-refractivity contribution in [1.82, 2.24) is 0 Å². The first-order valence-corrected chi connectivity index (χ1v) is 7.28. The van der Waals surface area contributed by atoms with Crippen LogP contribution in [0.15, 0.2) is 36.4 Å². The van der Waals surface area contributed by atoms with E-state index in [0.29, 0.717) is 5.56 Å². The first kappa shape index (κ1) is 19.2. The monoisotopic (exact) mass is 334 g/mol. The Balaban J connectivity index is 0.00000139. The molecule has 2 aromatic rings. The molecular weight excluding hydrogens is 315 g/mol. The fourth-order valence-electron chi connectivity index (χ4n) is 2.07. The van der Waals surface area contributed by atoms with E-state index >= 15 is 0 Å². The van der Waals surface area contributed by atoms with E-state index in [-0.39, 0.29) is 22.4 Å². The van der Waals surface area contributed by atoms with Gasteiger partial charge in [-0.3, -0.25) is 0 Å². The first-order chi connectivity index (χ1) is 11.5. The Morgan fingerprint density at radius 2 is 1.71 bits per heavy atom. The molecule has 2 aromatic carbocycles. The van der Waals surface area contributed by atoms with E-state index in [9.17, 15) is 19.1 Å². The van der Waals surface area contributed by atoms with E-state index in [2.05, 4.69) is 4.74 Å². The number of carboxylic acid groups (broad SMARTS) is 1. The molecule has 0 saturated heterocycles. The highest BCUT2D eigenvalue weighted by molar-refractivity contribution is 5.94. The van der Waals surface area contributed by atoms with E-state index in [1.54, 1.807) is 0 Å². The van der Waals surface area contributed by atoms with E-state index in [4.69, 9.17) is 4.74 Å². The smallest absolute Gasteiger partial charge is 0.340 e. The third-order valence-electron chi connectivity index (χ3n) is 3.14. The molecule has 128 valence electrons. The number of aromatic carboxylic acids is 1. The maximum atomic E-state index is 14.4. The van der Waals surface area contributed by atoms with Crippen LogP contribution in [-0.4, -0.2) is 31.3 Å². The summed E-state index contributed by atoms with van der Waals surface area (Å²) in [5.41, 5.74) is 0.116. The molecule has 24 heavy (non-hydrogen) atoms. The van der Waals surface area contributed by atoms with Crippen molar-refractivity contribution in [1.29, 1.82) is 0 Å². The maximum absolute atomic E-state index is 14.4. The average Bonchev–Trinajstić information content (AvgIpc) is 2.62. The lowest BCUT2D eigenvalue weighted by molar-refractivity contribution is 0.0594. The lowest BCUT2D eigenvalue weighted by atomic mass is 9.99. The molecule has 0 aliphatic heterocycles. The quantitative estimate of drug-likeness (QED) is 0.855. The second kappa shape index (κ2) is 8.67. The summed E-state index contributed by atoms with van der Waals surface area (Å²) in [4.78, 5) is 22.7. The zero-order chi connectivity index (χ0) is 18.3. The van der Waals surface area contributed by atoms with Crippen LogP contribution in [0.1, 0.15) is 34.6 Å². The Bertz CT molecular complexity index is 740. The molecule has 6 heteroatoms. The molecule has 0 atom stereocenters. The molecule has 0 radical (unpaired) electrons. The zero-order valence-corrected chi connectivity index (χ0v) is 13.9. The third kappa shape index (κ3) is 3.90. The third-order valence-corrected chi connectivity index (χ3v) is 3.14. The van der Waals surface area contributed by atoms with Crippen molar-refractivity contribution in [3.63, 3.8) is 0 Å². The van der Waals surface area contributed by atoms with Gasteiger partial charge in [-0.1, -0.05) is 32.0 Å². The minimum atomic E-state index is -1.19. The summed E-state index contributed by atoms with van der Waals surface area (Å²) in [6.45, 7) is 4.00. The molecule has 0 aliphatic carbocycles. The molecule has 0 fully saturated rings. The van der Waals surface area contributed by atoms with Gasteiger partial charge in [0.25, 0.3) is 0 Å². The van der Waals surface area contributed by atoms with Crippen molar-refractivity contribution in [2.45, 2.75) is 13.8 Å². The summed E-state index contributed by atoms with van der Waals surface area (Å²) in [7, 11) is 2.50. The Morgan fingerprint density at radius 1 is 1.04 bits per heavy atom. The van der Waals surface area contributed by atoms with Crippen molar-refractivity contribution in [3.8, 4) is 16.9 Å². The maximum Gasteiger partial charge on any atom is 0.340 e. The van der Waals surface area contributed by atoms with Crippen molar-refractivity contribution in [3.05, 3.63) is 53.3 Å². The Morgan fingerprint density at radius 3 is 2.25 bits per heavy atom. The van der Waals surface area contributed by atoms with Crippen LogP contribution in [0.4, 0.5) is 4.39 Å². The Hall–Kier alpha value is -2.89. The summed E-state index contributed by atoms with van der Waals surface area (Å²) in [5.74, 6) is -2.59. The minimum Gasteiger partial charge on any atom is -0.496 e. The molecule has 0 amide bonds. The number of hydrogen-bond donors (Lipinski definition) is 1. The van der Waals surface area contributed by atoms with Gasteiger partial charge < -0.3 is 14.6 Å². The second-order valence-electron chi connectivity index (χ2n) is 4.38. The van der Waals surface area contributed by atoms with Gasteiger partial charge in [-0.15, -0.1) is 0 Å². The van der Waals surface area contributed by atoms with Gasteiger partial charge in [0.15, 0.2) is 0 Å². The second-order valence-corrected chi connectivity index (χ2v) is 4.38. The number of carbonyl (C=O) groups is 2. The van der Waals surface area contributed by atoms with Crippen LogP contribution in [0.5, 0.6) is 5.75 Å². The highest BCUT2D eigenvalue weighted by atomic mass is 19.1. The van der Waals surface area contributed by atoms with Gasteiger partial charge in [0.1, 0.15) is 17.1 Å². The fourth-order valence-corrected chi connectivity index (χ4v) is 2.07. The van der Waals surface area contributed by atoms with Crippen molar-refractivity contribution < 1.29 is 28.6 Å². The van der Waals surface area contributed by atoms with E-state index in [0.717, 1.165) is 7.11 Å². The van der Waals surface area contributed by atoms with E-state index in [1.807, 2.05) is 13.8 Å². The Kier molecular flexibility index (Phi) is 6.92. The summed E-state index contributed by atoms with van der Waals surface area (Å²) in [6.07, 6.45) is 0. The van der Waals surface area contributed by atoms with Crippen LogP contribution < -0.4 is 4.74 Å². The molecule has 1 N–H and O–H groups in total. The lowest BCUT2D eigenvalue weighted by Crippen LogP contribution is -2.06. The molecule has 0 heterocycles. The summed E-state index contributed by atoms with van der Waals surface area (Å²) in [5, 5.41) is 9.17. The predicted octanol–water partition coefficient (Wildman–Crippen LogP) is 4.01. The van der Waals surface area contributed by atoms with Gasteiger partial charge in [-0.05, 0) is 23.8 Å². The Labute approximate surface area is 139 Å². The van der Waals surface area contributed by atoms with Gasteiger partial charge in [-0.2, -0.15) is 0 Å². The van der Waals surface area contributed by atoms with Crippen LogP contribution in [0.3, 0.4) is 0 Å². The highest BCUT2D eigenvalue weighted by Crippen LogP contribution is 2.29. The highest BCUT2D eigenvalue weighted by Gasteiger charge is 2.18. The van der Waals surface area contributed by atoms with Crippen molar-refractivity contribution in [2.75, 3.05) is 14.2 Å². The van der Waals surface area contributed by atoms with Gasteiger partial charge in [0.2, 0.25) is 0 Å². The number of ether oxygens (including phenoxy) is 2. The van der Waals surface area contributed by atoms with Gasteiger partial charge >= 0.3 is 11.9 Å².